The van der Waals surface area contributed by atoms with Crippen molar-refractivity contribution in [2.45, 2.75) is 6.54 Å². The van der Waals surface area contributed by atoms with Crippen LogP contribution in [0.25, 0.3) is 0 Å². The van der Waals surface area contributed by atoms with Gasteiger partial charge in [0.25, 0.3) is 5.91 Å². The first-order valence-corrected chi connectivity index (χ1v) is 9.88. The van der Waals surface area contributed by atoms with Gasteiger partial charge in [0.15, 0.2) is 6.61 Å². The Hall–Kier alpha value is -1.27. The van der Waals surface area contributed by atoms with Crippen molar-refractivity contribution in [3.05, 3.63) is 62.5 Å². The average Bonchev–Trinajstić information content (AvgIpc) is 2.65. The van der Waals surface area contributed by atoms with Crippen LogP contribution < -0.4 is 4.74 Å². The van der Waals surface area contributed by atoms with Crippen LogP contribution in [0.2, 0.25) is 10.0 Å². The van der Waals surface area contributed by atoms with Crippen molar-refractivity contribution in [2.24, 2.45) is 0 Å². The van der Waals surface area contributed by atoms with Crippen molar-refractivity contribution in [3.63, 3.8) is 0 Å². The molecule has 1 amide bonds. The molecule has 0 spiro atoms. The van der Waals surface area contributed by atoms with Crippen molar-refractivity contribution < 1.29 is 9.53 Å². The number of rotatable bonds is 5. The molecule has 7 heteroatoms. The lowest BCUT2D eigenvalue weighted by molar-refractivity contribution is -0.135. The summed E-state index contributed by atoms with van der Waals surface area (Å²) in [6.07, 6.45) is 0. The molecule has 0 saturated carbocycles. The number of carbonyl (C=O) groups excluding carboxylic acids is 1. The van der Waals surface area contributed by atoms with Crippen molar-refractivity contribution in [2.75, 3.05) is 32.8 Å². The molecule has 0 unspecified atom stereocenters. The van der Waals surface area contributed by atoms with Gasteiger partial charge in [-0.15, -0.1) is 0 Å². The molecule has 26 heavy (non-hydrogen) atoms. The minimum Gasteiger partial charge on any atom is -0.484 e. The number of hydrogen-bond acceptors (Lipinski definition) is 3. The molecule has 1 saturated heterocycles. The van der Waals surface area contributed by atoms with Crippen LogP contribution in [0.4, 0.5) is 0 Å². The Balaban J connectivity index is 1.44. The van der Waals surface area contributed by atoms with E-state index in [4.69, 9.17) is 27.9 Å². The zero-order valence-corrected chi connectivity index (χ0v) is 17.2. The van der Waals surface area contributed by atoms with E-state index in [0.717, 1.165) is 29.1 Å². The lowest BCUT2D eigenvalue weighted by atomic mass is 10.2. The van der Waals surface area contributed by atoms with E-state index in [-0.39, 0.29) is 12.5 Å². The second-order valence-electron chi connectivity index (χ2n) is 6.15. The fraction of sp³-hybridized carbons (Fsp3) is 0.316. The maximum Gasteiger partial charge on any atom is 0.260 e. The molecule has 1 heterocycles. The van der Waals surface area contributed by atoms with Gasteiger partial charge in [-0.25, -0.2) is 0 Å². The van der Waals surface area contributed by atoms with Crippen molar-refractivity contribution in [1.82, 2.24) is 9.80 Å². The molecular formula is C19H19BrCl2N2O2. The maximum absolute atomic E-state index is 12.4. The Bertz CT molecular complexity index is 763. The quantitative estimate of drug-likeness (QED) is 0.663. The Morgan fingerprint density at radius 1 is 1.04 bits per heavy atom. The van der Waals surface area contributed by atoms with E-state index < -0.39 is 0 Å². The third-order valence-electron chi connectivity index (χ3n) is 4.30. The summed E-state index contributed by atoms with van der Waals surface area (Å²) >= 11 is 15.3. The highest BCUT2D eigenvalue weighted by molar-refractivity contribution is 9.10. The van der Waals surface area contributed by atoms with Gasteiger partial charge in [-0.2, -0.15) is 0 Å². The first kappa shape index (κ1) is 19.5. The molecule has 0 radical (unpaired) electrons. The van der Waals surface area contributed by atoms with Crippen LogP contribution >= 0.6 is 39.1 Å². The SMILES string of the molecule is O=C(COc1ccc(Br)c(Cl)c1)N1CCN(Cc2ccc(Cl)cc2)CC1. The van der Waals surface area contributed by atoms with Gasteiger partial charge in [-0.3, -0.25) is 9.69 Å². The molecule has 0 aromatic heterocycles. The van der Waals surface area contributed by atoms with E-state index in [1.807, 2.05) is 29.2 Å². The largest absolute Gasteiger partial charge is 0.484 e. The number of halogens is 3. The molecule has 3 rings (SSSR count). The molecule has 1 aliphatic heterocycles. The second-order valence-corrected chi connectivity index (χ2v) is 7.85. The smallest absolute Gasteiger partial charge is 0.260 e. The van der Waals surface area contributed by atoms with E-state index in [2.05, 4.69) is 20.8 Å². The van der Waals surface area contributed by atoms with Gasteiger partial charge in [0, 0.05) is 42.2 Å². The lowest BCUT2D eigenvalue weighted by Crippen LogP contribution is -2.49. The summed E-state index contributed by atoms with van der Waals surface area (Å²) in [5.41, 5.74) is 1.23. The predicted octanol–water partition coefficient (Wildman–Crippen LogP) is 4.48. The Morgan fingerprint density at radius 3 is 2.38 bits per heavy atom. The number of amides is 1. The zero-order valence-electron chi connectivity index (χ0n) is 14.1. The minimum atomic E-state index is -0.00446. The van der Waals surface area contributed by atoms with Crippen LogP contribution in [-0.2, 0) is 11.3 Å². The number of carbonyl (C=O) groups is 1. The van der Waals surface area contributed by atoms with Crippen LogP contribution in [0.5, 0.6) is 5.75 Å². The number of ether oxygens (including phenoxy) is 1. The highest BCUT2D eigenvalue weighted by Crippen LogP contribution is 2.26. The van der Waals surface area contributed by atoms with Gasteiger partial charge in [-0.1, -0.05) is 35.3 Å². The molecule has 4 nitrogen and oxygen atoms in total. The van der Waals surface area contributed by atoms with Gasteiger partial charge in [0.1, 0.15) is 5.75 Å². The van der Waals surface area contributed by atoms with Crippen molar-refractivity contribution >= 4 is 45.0 Å². The van der Waals surface area contributed by atoms with Gasteiger partial charge in [-0.05, 0) is 51.8 Å². The Morgan fingerprint density at radius 2 is 1.73 bits per heavy atom. The summed E-state index contributed by atoms with van der Waals surface area (Å²) in [5, 5.41) is 1.31. The summed E-state index contributed by atoms with van der Waals surface area (Å²) in [4.78, 5) is 16.5. The third kappa shape index (κ3) is 5.36. The highest BCUT2D eigenvalue weighted by Gasteiger charge is 2.21. The highest BCUT2D eigenvalue weighted by atomic mass is 79.9. The van der Waals surface area contributed by atoms with Crippen LogP contribution in [-0.4, -0.2) is 48.5 Å². The van der Waals surface area contributed by atoms with Gasteiger partial charge in [0.2, 0.25) is 0 Å². The maximum atomic E-state index is 12.4. The van der Waals surface area contributed by atoms with Gasteiger partial charge >= 0.3 is 0 Å². The molecule has 0 aliphatic carbocycles. The van der Waals surface area contributed by atoms with Crippen molar-refractivity contribution in [1.29, 1.82) is 0 Å². The molecule has 2 aromatic rings. The summed E-state index contributed by atoms with van der Waals surface area (Å²) in [6.45, 7) is 3.99. The average molecular weight is 458 g/mol. The van der Waals surface area contributed by atoms with Crippen LogP contribution in [0.15, 0.2) is 46.9 Å². The number of nitrogens with zero attached hydrogens (tertiary/aromatic N) is 2. The Kier molecular flexibility index (Phi) is 6.81. The topological polar surface area (TPSA) is 32.8 Å². The van der Waals surface area contributed by atoms with E-state index in [1.165, 1.54) is 5.56 Å². The first-order chi connectivity index (χ1) is 12.5. The zero-order chi connectivity index (χ0) is 18.5. The number of hydrogen-bond donors (Lipinski definition) is 0. The fourth-order valence-corrected chi connectivity index (χ4v) is 3.35. The standard InChI is InChI=1S/C19H19BrCl2N2O2/c20-17-6-5-16(11-18(17)22)26-13-19(25)24-9-7-23(8-10-24)12-14-1-3-15(21)4-2-14/h1-6,11H,7-10,12-13H2. The molecular weight excluding hydrogens is 439 g/mol. The van der Waals surface area contributed by atoms with E-state index >= 15 is 0 Å². The molecule has 0 bridgehead atoms. The number of piperazine rings is 1. The van der Waals surface area contributed by atoms with Crippen LogP contribution in [0.1, 0.15) is 5.56 Å². The molecule has 0 atom stereocenters. The molecule has 0 N–H and O–H groups in total. The fourth-order valence-electron chi connectivity index (χ4n) is 2.81. The first-order valence-electron chi connectivity index (χ1n) is 8.34. The third-order valence-corrected chi connectivity index (χ3v) is 5.78. The summed E-state index contributed by atoms with van der Waals surface area (Å²) < 4.78 is 6.37. The van der Waals surface area contributed by atoms with E-state index in [9.17, 15) is 4.79 Å². The van der Waals surface area contributed by atoms with Gasteiger partial charge in [0.05, 0.1) is 5.02 Å². The van der Waals surface area contributed by atoms with Gasteiger partial charge < -0.3 is 9.64 Å². The molecule has 1 aliphatic rings. The van der Waals surface area contributed by atoms with E-state index in [1.54, 1.807) is 18.2 Å². The molecule has 1 fully saturated rings. The number of benzene rings is 2. The minimum absolute atomic E-state index is 0.00446. The summed E-state index contributed by atoms with van der Waals surface area (Å²) in [6, 6.07) is 13.2. The van der Waals surface area contributed by atoms with Crippen LogP contribution in [0.3, 0.4) is 0 Å². The monoisotopic (exact) mass is 456 g/mol. The molecule has 2 aromatic carbocycles. The Labute approximate surface area is 171 Å². The van der Waals surface area contributed by atoms with E-state index in [0.29, 0.717) is 23.9 Å². The normalized spacial score (nSPS) is 15.1. The predicted molar refractivity (Wildman–Crippen MR) is 108 cm³/mol. The summed E-state index contributed by atoms with van der Waals surface area (Å²) in [5.74, 6) is 0.586. The molecule has 138 valence electrons. The van der Waals surface area contributed by atoms with Crippen LogP contribution in [0, 0.1) is 0 Å². The lowest BCUT2D eigenvalue weighted by Gasteiger charge is -2.34. The summed E-state index contributed by atoms with van der Waals surface area (Å²) in [7, 11) is 0. The second kappa shape index (κ2) is 9.09. The van der Waals surface area contributed by atoms with Crippen molar-refractivity contribution in [3.8, 4) is 5.75 Å².